The van der Waals surface area contributed by atoms with E-state index in [4.69, 9.17) is 9.47 Å². The predicted octanol–water partition coefficient (Wildman–Crippen LogP) is 3.12. The van der Waals surface area contributed by atoms with Gasteiger partial charge in [-0.2, -0.15) is 11.8 Å². The van der Waals surface area contributed by atoms with Gasteiger partial charge < -0.3 is 14.8 Å². The minimum Gasteiger partial charge on any atom is -0.493 e. The SMILES string of the molecule is COc1c(CC2CCNCC2)cccc1OC1CCSC1. The fraction of sp³-hybridized carbons (Fsp3) is 0.647. The number of para-hydroxylation sites is 1. The van der Waals surface area contributed by atoms with Crippen LogP contribution >= 0.6 is 11.8 Å². The third-order valence-corrected chi connectivity index (χ3v) is 5.55. The minimum atomic E-state index is 0.345. The molecule has 2 heterocycles. The van der Waals surface area contributed by atoms with Gasteiger partial charge in [0.2, 0.25) is 0 Å². The summed E-state index contributed by atoms with van der Waals surface area (Å²) in [6.45, 7) is 2.28. The van der Waals surface area contributed by atoms with E-state index in [1.165, 1.54) is 24.2 Å². The van der Waals surface area contributed by atoms with Crippen LogP contribution in [-0.2, 0) is 6.42 Å². The highest BCUT2D eigenvalue weighted by Gasteiger charge is 2.21. The Balaban J connectivity index is 1.72. The summed E-state index contributed by atoms with van der Waals surface area (Å²) >= 11 is 1.97. The number of rotatable bonds is 5. The molecule has 0 aliphatic carbocycles. The summed E-state index contributed by atoms with van der Waals surface area (Å²) in [5.41, 5.74) is 1.30. The molecule has 0 saturated carbocycles. The molecule has 1 aromatic rings. The molecule has 1 unspecified atom stereocenters. The molecule has 0 aromatic heterocycles. The van der Waals surface area contributed by atoms with Crippen molar-refractivity contribution in [1.82, 2.24) is 5.32 Å². The summed E-state index contributed by atoms with van der Waals surface area (Å²) < 4.78 is 11.8. The number of ether oxygens (including phenoxy) is 2. The van der Waals surface area contributed by atoms with E-state index in [2.05, 4.69) is 17.4 Å². The average molecular weight is 307 g/mol. The molecule has 2 fully saturated rings. The molecular weight excluding hydrogens is 282 g/mol. The third kappa shape index (κ3) is 3.86. The lowest BCUT2D eigenvalue weighted by molar-refractivity contribution is 0.217. The Morgan fingerprint density at radius 3 is 2.81 bits per heavy atom. The molecule has 0 amide bonds. The second kappa shape index (κ2) is 7.41. The Morgan fingerprint density at radius 1 is 1.24 bits per heavy atom. The molecule has 2 saturated heterocycles. The van der Waals surface area contributed by atoms with Gasteiger partial charge in [-0.15, -0.1) is 0 Å². The molecule has 2 aliphatic rings. The van der Waals surface area contributed by atoms with Gasteiger partial charge in [0.25, 0.3) is 0 Å². The average Bonchev–Trinajstić information content (AvgIpc) is 3.02. The fourth-order valence-corrected chi connectivity index (χ4v) is 4.32. The second-order valence-electron chi connectivity index (χ2n) is 5.95. The lowest BCUT2D eigenvalue weighted by Crippen LogP contribution is -2.28. The van der Waals surface area contributed by atoms with E-state index in [-0.39, 0.29) is 0 Å². The van der Waals surface area contributed by atoms with Crippen LogP contribution in [0.1, 0.15) is 24.8 Å². The number of hydrogen-bond donors (Lipinski definition) is 1. The first kappa shape index (κ1) is 15.0. The quantitative estimate of drug-likeness (QED) is 0.905. The van der Waals surface area contributed by atoms with Crippen molar-refractivity contribution in [1.29, 1.82) is 0 Å². The van der Waals surface area contributed by atoms with Gasteiger partial charge in [-0.1, -0.05) is 12.1 Å². The lowest BCUT2D eigenvalue weighted by atomic mass is 9.90. The van der Waals surface area contributed by atoms with E-state index < -0.39 is 0 Å². The highest BCUT2D eigenvalue weighted by molar-refractivity contribution is 7.99. The molecule has 3 nitrogen and oxygen atoms in total. The smallest absolute Gasteiger partial charge is 0.163 e. The molecule has 1 N–H and O–H groups in total. The molecule has 2 aliphatic heterocycles. The summed E-state index contributed by atoms with van der Waals surface area (Å²) in [7, 11) is 1.76. The fourth-order valence-electron chi connectivity index (χ4n) is 3.23. The van der Waals surface area contributed by atoms with Crippen molar-refractivity contribution in [2.24, 2.45) is 5.92 Å². The zero-order valence-electron chi connectivity index (χ0n) is 12.8. The number of thioether (sulfide) groups is 1. The molecule has 3 rings (SSSR count). The van der Waals surface area contributed by atoms with Crippen molar-refractivity contribution in [3.8, 4) is 11.5 Å². The van der Waals surface area contributed by atoms with Crippen LogP contribution in [0.25, 0.3) is 0 Å². The number of methoxy groups -OCH3 is 1. The Hall–Kier alpha value is -0.870. The van der Waals surface area contributed by atoms with Crippen LogP contribution in [-0.4, -0.2) is 37.8 Å². The van der Waals surface area contributed by atoms with Gasteiger partial charge >= 0.3 is 0 Å². The molecule has 0 radical (unpaired) electrons. The van der Waals surface area contributed by atoms with Crippen molar-refractivity contribution in [3.63, 3.8) is 0 Å². The van der Waals surface area contributed by atoms with Crippen molar-refractivity contribution in [3.05, 3.63) is 23.8 Å². The van der Waals surface area contributed by atoms with Crippen LogP contribution < -0.4 is 14.8 Å². The molecule has 4 heteroatoms. The molecule has 0 bridgehead atoms. The van der Waals surface area contributed by atoms with Crippen molar-refractivity contribution >= 4 is 11.8 Å². The van der Waals surface area contributed by atoms with Gasteiger partial charge in [0, 0.05) is 5.75 Å². The number of hydrogen-bond acceptors (Lipinski definition) is 4. The van der Waals surface area contributed by atoms with Gasteiger partial charge in [0.15, 0.2) is 11.5 Å². The summed E-state index contributed by atoms with van der Waals surface area (Å²) in [5, 5.41) is 3.43. The Kier molecular flexibility index (Phi) is 5.31. The minimum absolute atomic E-state index is 0.345. The van der Waals surface area contributed by atoms with Crippen LogP contribution in [0, 0.1) is 5.92 Å². The zero-order chi connectivity index (χ0) is 14.5. The first-order valence-corrected chi connectivity index (χ1v) is 9.13. The second-order valence-corrected chi connectivity index (χ2v) is 7.10. The van der Waals surface area contributed by atoms with Crippen LogP contribution in [0.5, 0.6) is 11.5 Å². The van der Waals surface area contributed by atoms with E-state index >= 15 is 0 Å². The Morgan fingerprint density at radius 2 is 2.10 bits per heavy atom. The van der Waals surface area contributed by atoms with E-state index in [9.17, 15) is 0 Å². The van der Waals surface area contributed by atoms with Crippen molar-refractivity contribution in [2.75, 3.05) is 31.7 Å². The van der Waals surface area contributed by atoms with Crippen LogP contribution in [0.15, 0.2) is 18.2 Å². The highest BCUT2D eigenvalue weighted by Crippen LogP contribution is 2.35. The highest BCUT2D eigenvalue weighted by atomic mass is 32.2. The van der Waals surface area contributed by atoms with E-state index in [1.54, 1.807) is 7.11 Å². The standard InChI is InChI=1S/C17H25NO2S/c1-19-17-14(11-13-5-8-18-9-6-13)3-2-4-16(17)20-15-7-10-21-12-15/h2-4,13,15,18H,5-12H2,1H3. The zero-order valence-corrected chi connectivity index (χ0v) is 13.6. The summed E-state index contributed by atoms with van der Waals surface area (Å²) in [6.07, 6.45) is 5.10. The van der Waals surface area contributed by atoms with Gasteiger partial charge in [-0.25, -0.2) is 0 Å². The molecule has 0 spiro atoms. The predicted molar refractivity (Wildman–Crippen MR) is 88.6 cm³/mol. The number of piperidine rings is 1. The normalized spacial score (nSPS) is 23.2. The lowest BCUT2D eigenvalue weighted by Gasteiger charge is -2.24. The molecule has 21 heavy (non-hydrogen) atoms. The maximum absolute atomic E-state index is 6.17. The van der Waals surface area contributed by atoms with E-state index in [0.717, 1.165) is 49.1 Å². The Bertz CT molecular complexity index is 454. The summed E-state index contributed by atoms with van der Waals surface area (Å²) in [5.74, 6) is 4.95. The Labute approximate surface area is 131 Å². The molecule has 1 atom stereocenters. The van der Waals surface area contributed by atoms with E-state index in [1.807, 2.05) is 17.8 Å². The van der Waals surface area contributed by atoms with Gasteiger partial charge in [-0.05, 0) is 62.1 Å². The number of benzene rings is 1. The summed E-state index contributed by atoms with van der Waals surface area (Å²) in [4.78, 5) is 0. The van der Waals surface area contributed by atoms with Crippen LogP contribution in [0.2, 0.25) is 0 Å². The third-order valence-electron chi connectivity index (χ3n) is 4.41. The van der Waals surface area contributed by atoms with Gasteiger partial charge in [-0.3, -0.25) is 0 Å². The number of nitrogens with one attached hydrogen (secondary N) is 1. The van der Waals surface area contributed by atoms with Crippen LogP contribution in [0.4, 0.5) is 0 Å². The maximum Gasteiger partial charge on any atom is 0.163 e. The largest absolute Gasteiger partial charge is 0.493 e. The monoisotopic (exact) mass is 307 g/mol. The molecule has 1 aromatic carbocycles. The first-order chi connectivity index (χ1) is 10.4. The van der Waals surface area contributed by atoms with Crippen molar-refractivity contribution < 1.29 is 9.47 Å². The van der Waals surface area contributed by atoms with Gasteiger partial charge in [0.05, 0.1) is 7.11 Å². The molecular formula is C17H25NO2S. The topological polar surface area (TPSA) is 30.5 Å². The van der Waals surface area contributed by atoms with Crippen molar-refractivity contribution in [2.45, 2.75) is 31.8 Å². The van der Waals surface area contributed by atoms with Crippen LogP contribution in [0.3, 0.4) is 0 Å². The van der Waals surface area contributed by atoms with E-state index in [0.29, 0.717) is 6.10 Å². The first-order valence-electron chi connectivity index (χ1n) is 7.98. The summed E-state index contributed by atoms with van der Waals surface area (Å²) in [6, 6.07) is 6.35. The van der Waals surface area contributed by atoms with Gasteiger partial charge in [0.1, 0.15) is 6.10 Å². The molecule has 116 valence electrons. The maximum atomic E-state index is 6.17.